The fourth-order valence-electron chi connectivity index (χ4n) is 2.02. The molecular formula is C12H15FN2O3. The van der Waals surface area contributed by atoms with Crippen molar-refractivity contribution in [1.29, 1.82) is 0 Å². The van der Waals surface area contributed by atoms with Gasteiger partial charge in [0.25, 0.3) is 5.69 Å². The van der Waals surface area contributed by atoms with Crippen molar-refractivity contribution in [2.75, 3.05) is 18.5 Å². The van der Waals surface area contributed by atoms with E-state index in [0.717, 1.165) is 18.9 Å². The zero-order valence-corrected chi connectivity index (χ0v) is 9.86. The van der Waals surface area contributed by atoms with E-state index in [9.17, 15) is 14.5 Å². The number of anilines is 1. The third-order valence-corrected chi connectivity index (χ3v) is 3.41. The highest BCUT2D eigenvalue weighted by atomic mass is 19.1. The molecule has 1 aromatic rings. The molecule has 0 radical (unpaired) electrons. The van der Waals surface area contributed by atoms with E-state index in [1.807, 2.05) is 0 Å². The van der Waals surface area contributed by atoms with Crippen LogP contribution in [0.2, 0.25) is 0 Å². The van der Waals surface area contributed by atoms with Gasteiger partial charge in [0.2, 0.25) is 0 Å². The molecule has 1 aliphatic rings. The van der Waals surface area contributed by atoms with Gasteiger partial charge in [-0.25, -0.2) is 4.39 Å². The van der Waals surface area contributed by atoms with E-state index in [-0.39, 0.29) is 17.7 Å². The first-order valence-electron chi connectivity index (χ1n) is 5.85. The second-order valence-corrected chi connectivity index (χ2v) is 4.75. The first-order chi connectivity index (χ1) is 8.56. The third-order valence-electron chi connectivity index (χ3n) is 3.41. The molecule has 0 aliphatic heterocycles. The summed E-state index contributed by atoms with van der Waals surface area (Å²) in [4.78, 5) is 10.2. The molecule has 0 aromatic heterocycles. The molecule has 0 saturated heterocycles. The first-order valence-corrected chi connectivity index (χ1v) is 5.85. The molecule has 0 atom stereocenters. The van der Waals surface area contributed by atoms with Crippen LogP contribution in [0.15, 0.2) is 18.2 Å². The molecule has 0 heterocycles. The topological polar surface area (TPSA) is 75.4 Å². The Bertz CT molecular complexity index is 461. The Morgan fingerprint density at radius 1 is 1.50 bits per heavy atom. The lowest BCUT2D eigenvalue weighted by molar-refractivity contribution is -0.384. The molecule has 1 fully saturated rings. The van der Waals surface area contributed by atoms with Gasteiger partial charge in [0.1, 0.15) is 11.5 Å². The standard InChI is InChI=1S/C12H15FN2O3/c13-9-1-2-10(11(7-9)15(17)18)14-8-12(3-4-12)5-6-16/h1-2,7,14,16H,3-6,8H2. The lowest BCUT2D eigenvalue weighted by Gasteiger charge is -2.15. The van der Waals surface area contributed by atoms with Gasteiger partial charge in [-0.05, 0) is 36.8 Å². The highest BCUT2D eigenvalue weighted by molar-refractivity contribution is 5.61. The molecule has 2 rings (SSSR count). The van der Waals surface area contributed by atoms with Crippen LogP contribution in [-0.4, -0.2) is 23.2 Å². The quantitative estimate of drug-likeness (QED) is 0.603. The van der Waals surface area contributed by atoms with Crippen LogP contribution in [-0.2, 0) is 0 Å². The van der Waals surface area contributed by atoms with Crippen molar-refractivity contribution >= 4 is 11.4 Å². The van der Waals surface area contributed by atoms with Crippen molar-refractivity contribution in [2.45, 2.75) is 19.3 Å². The minimum atomic E-state index is -0.622. The molecule has 0 amide bonds. The van der Waals surface area contributed by atoms with Crippen molar-refractivity contribution in [1.82, 2.24) is 0 Å². The zero-order valence-electron chi connectivity index (χ0n) is 9.86. The van der Waals surface area contributed by atoms with Crippen LogP contribution in [0.4, 0.5) is 15.8 Å². The molecule has 2 N–H and O–H groups in total. The second-order valence-electron chi connectivity index (χ2n) is 4.75. The Hall–Kier alpha value is -1.69. The fourth-order valence-corrected chi connectivity index (χ4v) is 2.02. The Balaban J connectivity index is 2.07. The van der Waals surface area contributed by atoms with Gasteiger partial charge in [-0.15, -0.1) is 0 Å². The summed E-state index contributed by atoms with van der Waals surface area (Å²) in [6.45, 7) is 0.688. The molecule has 1 saturated carbocycles. The van der Waals surface area contributed by atoms with E-state index in [1.54, 1.807) is 0 Å². The van der Waals surface area contributed by atoms with Crippen molar-refractivity contribution in [2.24, 2.45) is 5.41 Å². The molecule has 0 spiro atoms. The minimum absolute atomic E-state index is 0.0526. The normalized spacial score (nSPS) is 16.3. The molecule has 0 unspecified atom stereocenters. The highest BCUT2D eigenvalue weighted by Crippen LogP contribution is 2.48. The summed E-state index contributed by atoms with van der Waals surface area (Å²) in [6, 6.07) is 3.48. The van der Waals surface area contributed by atoms with Crippen LogP contribution >= 0.6 is 0 Å². The maximum absolute atomic E-state index is 12.9. The molecule has 1 aromatic carbocycles. The summed E-state index contributed by atoms with van der Waals surface area (Å²) in [5.74, 6) is -0.622. The van der Waals surface area contributed by atoms with Crippen molar-refractivity contribution < 1.29 is 14.4 Å². The van der Waals surface area contributed by atoms with Gasteiger partial charge in [0.15, 0.2) is 0 Å². The van der Waals surface area contributed by atoms with Gasteiger partial charge >= 0.3 is 0 Å². The van der Waals surface area contributed by atoms with Crippen LogP contribution in [0.25, 0.3) is 0 Å². The number of nitrogens with one attached hydrogen (secondary N) is 1. The maximum Gasteiger partial charge on any atom is 0.295 e. The van der Waals surface area contributed by atoms with Gasteiger partial charge in [-0.1, -0.05) is 0 Å². The lowest BCUT2D eigenvalue weighted by atomic mass is 10.0. The first kappa shape index (κ1) is 12.8. The summed E-state index contributed by atoms with van der Waals surface area (Å²) in [6.07, 6.45) is 2.71. The number of nitro benzene ring substituents is 1. The number of aliphatic hydroxyl groups is 1. The number of hydrogen-bond acceptors (Lipinski definition) is 4. The van der Waals surface area contributed by atoms with E-state index in [1.165, 1.54) is 12.1 Å². The Kier molecular flexibility index (Phi) is 3.47. The van der Waals surface area contributed by atoms with Crippen LogP contribution < -0.4 is 5.32 Å². The zero-order chi connectivity index (χ0) is 13.2. The van der Waals surface area contributed by atoms with Crippen LogP contribution in [0.1, 0.15) is 19.3 Å². The van der Waals surface area contributed by atoms with Crippen molar-refractivity contribution in [3.05, 3.63) is 34.1 Å². The molecule has 5 nitrogen and oxygen atoms in total. The van der Waals surface area contributed by atoms with Gasteiger partial charge < -0.3 is 10.4 Å². The lowest BCUT2D eigenvalue weighted by Crippen LogP contribution is -2.17. The summed E-state index contributed by atoms with van der Waals surface area (Å²) < 4.78 is 12.9. The second kappa shape index (κ2) is 4.89. The number of halogens is 1. The number of benzene rings is 1. The smallest absolute Gasteiger partial charge is 0.295 e. The minimum Gasteiger partial charge on any atom is -0.396 e. The van der Waals surface area contributed by atoms with Gasteiger partial charge in [-0.3, -0.25) is 10.1 Å². The van der Waals surface area contributed by atoms with Gasteiger partial charge in [-0.2, -0.15) is 0 Å². The van der Waals surface area contributed by atoms with Crippen molar-refractivity contribution in [3.8, 4) is 0 Å². The number of nitrogens with zero attached hydrogens (tertiary/aromatic N) is 1. The van der Waals surface area contributed by atoms with E-state index < -0.39 is 10.7 Å². The number of aliphatic hydroxyl groups excluding tert-OH is 1. The average Bonchev–Trinajstić information content (AvgIpc) is 3.08. The SMILES string of the molecule is O=[N+]([O-])c1cc(F)ccc1NCC1(CCO)CC1. The van der Waals surface area contributed by atoms with E-state index in [0.29, 0.717) is 18.7 Å². The number of hydrogen-bond donors (Lipinski definition) is 2. The molecule has 1 aliphatic carbocycles. The fraction of sp³-hybridized carbons (Fsp3) is 0.500. The Labute approximate surface area is 104 Å². The van der Waals surface area contributed by atoms with E-state index >= 15 is 0 Å². The predicted octanol–water partition coefficient (Wildman–Crippen LogP) is 2.31. The highest BCUT2D eigenvalue weighted by Gasteiger charge is 2.41. The largest absolute Gasteiger partial charge is 0.396 e. The molecule has 6 heteroatoms. The molecule has 98 valence electrons. The molecule has 0 bridgehead atoms. The summed E-state index contributed by atoms with van der Waals surface area (Å²) in [5, 5.41) is 22.7. The maximum atomic E-state index is 12.9. The van der Waals surface area contributed by atoms with E-state index in [2.05, 4.69) is 5.32 Å². The van der Waals surface area contributed by atoms with Gasteiger partial charge in [0, 0.05) is 13.2 Å². The summed E-state index contributed by atoms with van der Waals surface area (Å²) in [7, 11) is 0. The predicted molar refractivity (Wildman–Crippen MR) is 64.9 cm³/mol. The van der Waals surface area contributed by atoms with Crippen LogP contribution in [0.5, 0.6) is 0 Å². The van der Waals surface area contributed by atoms with Gasteiger partial charge in [0.05, 0.1) is 11.0 Å². The summed E-state index contributed by atoms with van der Waals surface area (Å²) in [5.41, 5.74) is 0.122. The van der Waals surface area contributed by atoms with Crippen LogP contribution in [0, 0.1) is 21.3 Å². The number of nitro groups is 1. The van der Waals surface area contributed by atoms with Crippen molar-refractivity contribution in [3.63, 3.8) is 0 Å². The Morgan fingerprint density at radius 3 is 2.78 bits per heavy atom. The summed E-state index contributed by atoms with van der Waals surface area (Å²) >= 11 is 0. The number of rotatable bonds is 6. The average molecular weight is 254 g/mol. The van der Waals surface area contributed by atoms with Crippen LogP contribution in [0.3, 0.4) is 0 Å². The molecular weight excluding hydrogens is 239 g/mol. The Morgan fingerprint density at radius 2 is 2.22 bits per heavy atom. The monoisotopic (exact) mass is 254 g/mol. The molecule has 18 heavy (non-hydrogen) atoms. The van der Waals surface area contributed by atoms with E-state index in [4.69, 9.17) is 5.11 Å². The third kappa shape index (κ3) is 2.76.